The van der Waals surface area contributed by atoms with Crippen molar-refractivity contribution in [3.63, 3.8) is 0 Å². The Hall–Kier alpha value is -2.58. The van der Waals surface area contributed by atoms with E-state index >= 15 is 0 Å². The maximum atomic E-state index is 13.6. The van der Waals surface area contributed by atoms with Gasteiger partial charge in [-0.05, 0) is 47.6 Å². The Morgan fingerprint density at radius 2 is 1.85 bits per heavy atom. The summed E-state index contributed by atoms with van der Waals surface area (Å²) in [5.41, 5.74) is 2.56. The third-order valence-corrected chi connectivity index (χ3v) is 5.73. The minimum atomic E-state index is -1.25. The summed E-state index contributed by atoms with van der Waals surface area (Å²) in [6, 6.07) is 8.12. The molecule has 3 unspecified atom stereocenters. The molecule has 0 aliphatic carbocycles. The number of halogens is 3. The number of alkyl halides is 1. The lowest BCUT2D eigenvalue weighted by molar-refractivity contribution is -0.123. The largest absolute Gasteiger partial charge is 0.493 e. The number of hydrogen-bond donors (Lipinski definition) is 3. The van der Waals surface area contributed by atoms with Gasteiger partial charge in [-0.2, -0.15) is 0 Å². The number of rotatable bonds is 9. The van der Waals surface area contributed by atoms with E-state index in [1.807, 2.05) is 6.07 Å². The zero-order chi connectivity index (χ0) is 24.9. The zero-order valence-corrected chi connectivity index (χ0v) is 19.8. The van der Waals surface area contributed by atoms with E-state index in [1.54, 1.807) is 0 Å². The average Bonchev–Trinajstić information content (AvgIpc) is 2.75. The van der Waals surface area contributed by atoms with Crippen LogP contribution in [0.5, 0.6) is 5.75 Å². The number of amides is 1. The molecule has 5 nitrogen and oxygen atoms in total. The lowest BCUT2D eigenvalue weighted by Crippen LogP contribution is -2.49. The van der Waals surface area contributed by atoms with Gasteiger partial charge in [-0.15, -0.1) is 0 Å². The van der Waals surface area contributed by atoms with E-state index in [2.05, 4.69) is 43.5 Å². The molecular weight excluding hydrogens is 445 g/mol. The van der Waals surface area contributed by atoms with Gasteiger partial charge in [0.05, 0.1) is 18.8 Å². The Bertz CT molecular complexity index is 973. The molecule has 0 saturated carbocycles. The summed E-state index contributed by atoms with van der Waals surface area (Å²) < 4.78 is 45.8. The minimum absolute atomic E-state index is 0.0522. The minimum Gasteiger partial charge on any atom is -0.493 e. The van der Waals surface area contributed by atoms with Crippen LogP contribution in [0.4, 0.5) is 13.2 Å². The van der Waals surface area contributed by atoms with Crippen molar-refractivity contribution in [1.29, 1.82) is 0 Å². The second-order valence-corrected chi connectivity index (χ2v) is 10.1. The number of benzene rings is 2. The van der Waals surface area contributed by atoms with E-state index in [-0.39, 0.29) is 30.0 Å². The number of carbonyl (C=O) groups excluding carboxylic acids is 1. The first-order valence-corrected chi connectivity index (χ1v) is 11.5. The van der Waals surface area contributed by atoms with Crippen molar-refractivity contribution in [2.45, 2.75) is 58.2 Å². The summed E-state index contributed by atoms with van der Waals surface area (Å²) in [5.74, 6) is -1.64. The molecule has 1 aliphatic rings. The van der Waals surface area contributed by atoms with Crippen LogP contribution in [0, 0.1) is 17.0 Å². The molecule has 0 fully saturated rings. The molecule has 3 atom stereocenters. The van der Waals surface area contributed by atoms with Gasteiger partial charge in [-0.25, -0.2) is 13.2 Å². The van der Waals surface area contributed by atoms with Crippen LogP contribution in [0.25, 0.3) is 0 Å². The molecular formula is C26H33F3N2O3. The van der Waals surface area contributed by atoms with E-state index in [0.29, 0.717) is 13.0 Å². The number of carbonyl (C=O) groups is 1. The number of hydrogen-bond acceptors (Lipinski definition) is 4. The van der Waals surface area contributed by atoms with Gasteiger partial charge in [-0.3, -0.25) is 4.79 Å². The first-order chi connectivity index (χ1) is 16.0. The molecule has 3 rings (SSSR count). The van der Waals surface area contributed by atoms with Gasteiger partial charge in [-0.1, -0.05) is 32.9 Å². The van der Waals surface area contributed by atoms with Gasteiger partial charge < -0.3 is 20.5 Å². The highest BCUT2D eigenvalue weighted by Gasteiger charge is 2.27. The topological polar surface area (TPSA) is 70.6 Å². The maximum Gasteiger partial charge on any atom is 0.251 e. The molecule has 0 radical (unpaired) electrons. The molecule has 0 saturated heterocycles. The Labute approximate surface area is 198 Å². The third kappa shape index (κ3) is 7.46. The summed E-state index contributed by atoms with van der Waals surface area (Å²) in [7, 11) is 0. The fourth-order valence-corrected chi connectivity index (χ4v) is 4.29. The Balaban J connectivity index is 1.72. The van der Waals surface area contributed by atoms with Gasteiger partial charge in [0.15, 0.2) is 6.67 Å². The summed E-state index contributed by atoms with van der Waals surface area (Å²) in [4.78, 5) is 11.7. The van der Waals surface area contributed by atoms with Crippen LogP contribution in [0.15, 0.2) is 36.4 Å². The van der Waals surface area contributed by atoms with E-state index in [4.69, 9.17) is 4.74 Å². The van der Waals surface area contributed by atoms with Crippen LogP contribution in [0.1, 0.15) is 49.9 Å². The molecule has 8 heteroatoms. The Morgan fingerprint density at radius 3 is 2.50 bits per heavy atom. The van der Waals surface area contributed by atoms with Gasteiger partial charge in [0.1, 0.15) is 17.4 Å². The number of aliphatic hydroxyl groups excluding tert-OH is 1. The number of aliphatic hydroxyl groups is 1. The highest BCUT2D eigenvalue weighted by molar-refractivity contribution is 5.77. The van der Waals surface area contributed by atoms with Gasteiger partial charge in [0, 0.05) is 30.6 Å². The number of nitrogens with one attached hydrogen (secondary N) is 2. The first kappa shape index (κ1) is 26.0. The molecule has 1 heterocycles. The molecule has 0 bridgehead atoms. The second kappa shape index (κ2) is 11.2. The van der Waals surface area contributed by atoms with Gasteiger partial charge in [0.25, 0.3) is 5.91 Å². The SMILES string of the molecule is CC(C)(C)Cc1ccc2c(c1)C(NCC(O)C(Cc1cc(F)cc(F)c1)NC(=O)CF)CCO2. The lowest BCUT2D eigenvalue weighted by atomic mass is 9.86. The van der Waals surface area contributed by atoms with Crippen molar-refractivity contribution in [3.8, 4) is 5.75 Å². The summed E-state index contributed by atoms with van der Waals surface area (Å²) in [6.07, 6.45) is 0.418. The predicted octanol–water partition coefficient (Wildman–Crippen LogP) is 4.02. The normalized spacial score (nSPS) is 17.4. The van der Waals surface area contributed by atoms with E-state index in [1.165, 1.54) is 5.56 Å². The van der Waals surface area contributed by atoms with Crippen LogP contribution in [-0.4, -0.2) is 43.0 Å². The third-order valence-electron chi connectivity index (χ3n) is 5.73. The highest BCUT2D eigenvalue weighted by Crippen LogP contribution is 2.34. The Kier molecular flexibility index (Phi) is 8.60. The Morgan fingerprint density at radius 1 is 1.15 bits per heavy atom. The summed E-state index contributed by atoms with van der Waals surface area (Å²) >= 11 is 0. The fraction of sp³-hybridized carbons (Fsp3) is 0.500. The highest BCUT2D eigenvalue weighted by atomic mass is 19.1. The average molecular weight is 479 g/mol. The molecule has 2 aromatic rings. The molecule has 1 amide bonds. The van der Waals surface area contributed by atoms with Crippen molar-refractivity contribution in [3.05, 3.63) is 64.7 Å². The molecule has 0 spiro atoms. The lowest BCUT2D eigenvalue weighted by Gasteiger charge is -2.30. The monoisotopic (exact) mass is 478 g/mol. The molecule has 186 valence electrons. The van der Waals surface area contributed by atoms with Crippen molar-refractivity contribution in [2.24, 2.45) is 5.41 Å². The van der Waals surface area contributed by atoms with Crippen LogP contribution < -0.4 is 15.4 Å². The van der Waals surface area contributed by atoms with Crippen molar-refractivity contribution in [2.75, 3.05) is 19.8 Å². The molecule has 34 heavy (non-hydrogen) atoms. The summed E-state index contributed by atoms with van der Waals surface area (Å²) in [5, 5.41) is 16.6. The van der Waals surface area contributed by atoms with Crippen molar-refractivity contribution >= 4 is 5.91 Å². The molecule has 3 N–H and O–H groups in total. The predicted molar refractivity (Wildman–Crippen MR) is 124 cm³/mol. The molecule has 2 aromatic carbocycles. The van der Waals surface area contributed by atoms with Gasteiger partial charge >= 0.3 is 0 Å². The van der Waals surface area contributed by atoms with E-state index in [9.17, 15) is 23.1 Å². The van der Waals surface area contributed by atoms with Crippen LogP contribution in [-0.2, 0) is 17.6 Å². The van der Waals surface area contributed by atoms with Crippen LogP contribution in [0.2, 0.25) is 0 Å². The fourth-order valence-electron chi connectivity index (χ4n) is 4.29. The summed E-state index contributed by atoms with van der Waals surface area (Å²) in [6.45, 7) is 5.87. The van der Waals surface area contributed by atoms with E-state index < -0.39 is 36.4 Å². The molecule has 1 aliphatic heterocycles. The van der Waals surface area contributed by atoms with Crippen LogP contribution >= 0.6 is 0 Å². The number of fused-ring (bicyclic) bond motifs is 1. The van der Waals surface area contributed by atoms with Crippen molar-refractivity contribution in [1.82, 2.24) is 10.6 Å². The van der Waals surface area contributed by atoms with Crippen molar-refractivity contribution < 1.29 is 27.8 Å². The van der Waals surface area contributed by atoms with Gasteiger partial charge in [0.2, 0.25) is 0 Å². The standard InChI is InChI=1S/C26H33F3N2O3/c1-26(2,3)13-16-4-5-24-20(10-16)21(6-7-34-24)30-15-23(32)22(31-25(33)14-27)11-17-8-18(28)12-19(29)9-17/h4-5,8-10,12,21-23,30,32H,6-7,11,13-15H2,1-3H3,(H,31,33). The smallest absolute Gasteiger partial charge is 0.251 e. The maximum absolute atomic E-state index is 13.6. The molecule has 0 aromatic heterocycles. The van der Waals surface area contributed by atoms with Crippen LogP contribution in [0.3, 0.4) is 0 Å². The zero-order valence-electron chi connectivity index (χ0n) is 19.8. The first-order valence-electron chi connectivity index (χ1n) is 11.5. The quantitative estimate of drug-likeness (QED) is 0.509. The van der Waals surface area contributed by atoms with E-state index in [0.717, 1.165) is 35.9 Å². The number of ether oxygens (including phenoxy) is 1. The second-order valence-electron chi connectivity index (χ2n) is 10.1.